The number of nitrogens with one attached hydrogen (secondary N) is 1. The molecular formula is C21H23N3O3. The van der Waals surface area contributed by atoms with E-state index in [4.69, 9.17) is 9.47 Å². The first-order valence-corrected chi connectivity index (χ1v) is 8.64. The number of aromatic nitrogens is 2. The Hall–Kier alpha value is -3.28. The minimum Gasteiger partial charge on any atom is -0.496 e. The summed E-state index contributed by atoms with van der Waals surface area (Å²) >= 11 is 0. The molecule has 0 aliphatic rings. The van der Waals surface area contributed by atoms with E-state index < -0.39 is 0 Å². The van der Waals surface area contributed by atoms with Crippen LogP contribution < -0.4 is 14.8 Å². The minimum atomic E-state index is -0.249. The summed E-state index contributed by atoms with van der Waals surface area (Å²) in [5.74, 6) is 1.60. The zero-order valence-electron chi connectivity index (χ0n) is 15.9. The van der Waals surface area contributed by atoms with E-state index in [1.165, 1.54) is 0 Å². The number of anilines is 1. The van der Waals surface area contributed by atoms with Gasteiger partial charge in [0.05, 0.1) is 26.5 Å². The summed E-state index contributed by atoms with van der Waals surface area (Å²) in [7, 11) is 3.14. The molecule has 1 aromatic heterocycles. The van der Waals surface area contributed by atoms with Crippen molar-refractivity contribution in [3.8, 4) is 11.5 Å². The van der Waals surface area contributed by atoms with Gasteiger partial charge >= 0.3 is 0 Å². The molecule has 0 unspecified atom stereocenters. The van der Waals surface area contributed by atoms with Crippen LogP contribution in [0.15, 0.2) is 48.5 Å². The SMILES string of the molecule is COc1cc(C(=O)Nc2cc(C)nn2Cc2ccccc2)cc(OC)c1C. The van der Waals surface area contributed by atoms with Crippen molar-refractivity contribution in [2.24, 2.45) is 0 Å². The van der Waals surface area contributed by atoms with Crippen LogP contribution in [0.4, 0.5) is 5.82 Å². The van der Waals surface area contributed by atoms with Gasteiger partial charge in [0, 0.05) is 17.2 Å². The summed E-state index contributed by atoms with van der Waals surface area (Å²) in [6, 6.07) is 15.2. The van der Waals surface area contributed by atoms with Gasteiger partial charge in [0.2, 0.25) is 0 Å². The lowest BCUT2D eigenvalue weighted by Crippen LogP contribution is -2.16. The molecule has 27 heavy (non-hydrogen) atoms. The van der Waals surface area contributed by atoms with Crippen LogP contribution in [0.1, 0.15) is 27.2 Å². The maximum atomic E-state index is 12.8. The summed E-state index contributed by atoms with van der Waals surface area (Å²) in [4.78, 5) is 12.8. The number of aryl methyl sites for hydroxylation is 1. The Morgan fingerprint density at radius 3 is 2.26 bits per heavy atom. The lowest BCUT2D eigenvalue weighted by atomic mass is 10.1. The molecule has 0 fully saturated rings. The van der Waals surface area contributed by atoms with E-state index in [-0.39, 0.29) is 5.91 Å². The quantitative estimate of drug-likeness (QED) is 0.721. The van der Waals surface area contributed by atoms with Gasteiger partial charge in [-0.05, 0) is 31.5 Å². The zero-order valence-corrected chi connectivity index (χ0v) is 15.9. The molecule has 0 spiro atoms. The fourth-order valence-electron chi connectivity index (χ4n) is 2.93. The molecule has 3 aromatic rings. The topological polar surface area (TPSA) is 65.4 Å². The normalized spacial score (nSPS) is 10.5. The molecule has 1 heterocycles. The van der Waals surface area contributed by atoms with E-state index in [1.807, 2.05) is 50.2 Å². The largest absolute Gasteiger partial charge is 0.496 e. The molecule has 140 valence electrons. The third-order valence-electron chi connectivity index (χ3n) is 4.33. The van der Waals surface area contributed by atoms with Gasteiger partial charge in [0.25, 0.3) is 5.91 Å². The number of benzene rings is 2. The standard InChI is InChI=1S/C21H23N3O3/c1-14-10-20(24(23-14)13-16-8-6-5-7-9-16)22-21(25)17-11-18(26-3)15(2)19(12-17)27-4/h5-12H,13H2,1-4H3,(H,22,25). The van der Waals surface area contributed by atoms with Crippen molar-refractivity contribution in [2.45, 2.75) is 20.4 Å². The van der Waals surface area contributed by atoms with Crippen molar-refractivity contribution in [3.63, 3.8) is 0 Å². The average Bonchev–Trinajstić information content (AvgIpc) is 3.01. The third kappa shape index (κ3) is 4.11. The Balaban J connectivity index is 1.87. The summed E-state index contributed by atoms with van der Waals surface area (Å²) in [6.45, 7) is 4.36. The minimum absolute atomic E-state index is 0.249. The van der Waals surface area contributed by atoms with E-state index >= 15 is 0 Å². The molecule has 0 aliphatic carbocycles. The second-order valence-electron chi connectivity index (χ2n) is 6.27. The van der Waals surface area contributed by atoms with Crippen LogP contribution in [0.3, 0.4) is 0 Å². The number of hydrogen-bond acceptors (Lipinski definition) is 4. The number of carbonyl (C=O) groups excluding carboxylic acids is 1. The second-order valence-corrected chi connectivity index (χ2v) is 6.27. The smallest absolute Gasteiger partial charge is 0.257 e. The van der Waals surface area contributed by atoms with Gasteiger partial charge in [-0.3, -0.25) is 4.79 Å². The fraction of sp³-hybridized carbons (Fsp3) is 0.238. The molecule has 6 nitrogen and oxygen atoms in total. The van der Waals surface area contributed by atoms with Crippen LogP contribution in [0.2, 0.25) is 0 Å². The maximum Gasteiger partial charge on any atom is 0.257 e. The number of carbonyl (C=O) groups is 1. The van der Waals surface area contributed by atoms with Crippen LogP contribution in [-0.2, 0) is 6.54 Å². The monoisotopic (exact) mass is 365 g/mol. The van der Waals surface area contributed by atoms with E-state index in [9.17, 15) is 4.79 Å². The molecule has 2 aromatic carbocycles. The molecule has 0 saturated carbocycles. The molecule has 0 bridgehead atoms. The average molecular weight is 365 g/mol. The second kappa shape index (κ2) is 7.95. The number of ether oxygens (including phenoxy) is 2. The van der Waals surface area contributed by atoms with Crippen LogP contribution in [0.5, 0.6) is 11.5 Å². The Labute approximate surface area is 158 Å². The fourth-order valence-corrected chi connectivity index (χ4v) is 2.93. The molecule has 6 heteroatoms. The van der Waals surface area contributed by atoms with Crippen molar-refractivity contribution in [3.05, 3.63) is 70.9 Å². The van der Waals surface area contributed by atoms with Gasteiger partial charge in [-0.1, -0.05) is 30.3 Å². The molecule has 0 radical (unpaired) electrons. The molecule has 1 N–H and O–H groups in total. The first-order valence-electron chi connectivity index (χ1n) is 8.64. The predicted molar refractivity (Wildman–Crippen MR) is 105 cm³/mol. The number of methoxy groups -OCH3 is 2. The zero-order chi connectivity index (χ0) is 19.4. The first kappa shape index (κ1) is 18.5. The van der Waals surface area contributed by atoms with Crippen molar-refractivity contribution >= 4 is 11.7 Å². The first-order chi connectivity index (χ1) is 13.0. The summed E-state index contributed by atoms with van der Waals surface area (Å²) < 4.78 is 12.5. The van der Waals surface area contributed by atoms with Gasteiger partial charge in [0.1, 0.15) is 17.3 Å². The van der Waals surface area contributed by atoms with Crippen molar-refractivity contribution in [2.75, 3.05) is 19.5 Å². The number of amides is 1. The number of rotatable bonds is 6. The van der Waals surface area contributed by atoms with Crippen LogP contribution in [0.25, 0.3) is 0 Å². The molecule has 0 atom stereocenters. The third-order valence-corrected chi connectivity index (χ3v) is 4.33. The van der Waals surface area contributed by atoms with Gasteiger partial charge in [-0.25, -0.2) is 4.68 Å². The lowest BCUT2D eigenvalue weighted by molar-refractivity contribution is 0.102. The summed E-state index contributed by atoms with van der Waals surface area (Å²) in [5.41, 5.74) is 3.25. The van der Waals surface area contributed by atoms with Gasteiger partial charge in [-0.15, -0.1) is 0 Å². The van der Waals surface area contributed by atoms with Crippen LogP contribution in [0, 0.1) is 13.8 Å². The van der Waals surface area contributed by atoms with Crippen molar-refractivity contribution in [1.29, 1.82) is 0 Å². The Morgan fingerprint density at radius 2 is 1.67 bits per heavy atom. The highest BCUT2D eigenvalue weighted by Gasteiger charge is 2.16. The molecule has 1 amide bonds. The van der Waals surface area contributed by atoms with E-state index in [0.717, 1.165) is 16.8 Å². The van der Waals surface area contributed by atoms with E-state index in [1.54, 1.807) is 31.0 Å². The van der Waals surface area contributed by atoms with Crippen LogP contribution in [-0.4, -0.2) is 29.9 Å². The van der Waals surface area contributed by atoms with E-state index in [2.05, 4.69) is 10.4 Å². The summed E-state index contributed by atoms with van der Waals surface area (Å²) in [5, 5.41) is 7.43. The van der Waals surface area contributed by atoms with Crippen molar-refractivity contribution in [1.82, 2.24) is 9.78 Å². The Bertz CT molecular complexity index is 924. The maximum absolute atomic E-state index is 12.8. The highest BCUT2D eigenvalue weighted by Crippen LogP contribution is 2.29. The number of nitrogens with zero attached hydrogens (tertiary/aromatic N) is 2. The van der Waals surface area contributed by atoms with Gasteiger partial charge in [0.15, 0.2) is 0 Å². The van der Waals surface area contributed by atoms with Crippen LogP contribution >= 0.6 is 0 Å². The highest BCUT2D eigenvalue weighted by molar-refractivity contribution is 6.04. The Morgan fingerprint density at radius 1 is 1.04 bits per heavy atom. The van der Waals surface area contributed by atoms with Crippen molar-refractivity contribution < 1.29 is 14.3 Å². The summed E-state index contributed by atoms with van der Waals surface area (Å²) in [6.07, 6.45) is 0. The van der Waals surface area contributed by atoms with E-state index in [0.29, 0.717) is 29.4 Å². The van der Waals surface area contributed by atoms with Gasteiger partial charge < -0.3 is 14.8 Å². The molecular weight excluding hydrogens is 342 g/mol. The van der Waals surface area contributed by atoms with Gasteiger partial charge in [-0.2, -0.15) is 5.10 Å². The lowest BCUT2D eigenvalue weighted by Gasteiger charge is -2.13. The predicted octanol–water partition coefficient (Wildman–Crippen LogP) is 3.82. The Kier molecular flexibility index (Phi) is 5.45. The highest BCUT2D eigenvalue weighted by atomic mass is 16.5. The molecule has 0 saturated heterocycles. The number of hydrogen-bond donors (Lipinski definition) is 1. The molecule has 3 rings (SSSR count). The molecule has 0 aliphatic heterocycles.